The van der Waals surface area contributed by atoms with Crippen LogP contribution in [0.4, 0.5) is 0 Å². The molecule has 3 rings (SSSR count). The van der Waals surface area contributed by atoms with Gasteiger partial charge in [0.1, 0.15) is 0 Å². The molecular formula is C18H19N3. The van der Waals surface area contributed by atoms with Crippen LogP contribution in [0.5, 0.6) is 0 Å². The van der Waals surface area contributed by atoms with Gasteiger partial charge in [-0.15, -0.1) is 0 Å². The molecule has 2 aromatic heterocycles. The molecule has 2 heterocycles. The standard InChI is InChI=1S/C18H19N3/c1-2-20-17(12-14-6-5-10-19-13-14)18-16-8-4-3-7-15(16)9-11-21-18/h3-11,13,17,20H,2,12H2,1H3. The summed E-state index contributed by atoms with van der Waals surface area (Å²) in [4.78, 5) is 8.84. The molecule has 3 nitrogen and oxygen atoms in total. The quantitative estimate of drug-likeness (QED) is 0.775. The van der Waals surface area contributed by atoms with E-state index in [9.17, 15) is 0 Å². The van der Waals surface area contributed by atoms with E-state index in [1.54, 1.807) is 0 Å². The number of rotatable bonds is 5. The number of nitrogens with one attached hydrogen (secondary N) is 1. The van der Waals surface area contributed by atoms with E-state index in [1.807, 2.05) is 24.7 Å². The maximum absolute atomic E-state index is 4.64. The fourth-order valence-electron chi connectivity index (χ4n) is 2.69. The van der Waals surface area contributed by atoms with Crippen LogP contribution in [-0.2, 0) is 6.42 Å². The monoisotopic (exact) mass is 277 g/mol. The third-order valence-corrected chi connectivity index (χ3v) is 3.65. The van der Waals surface area contributed by atoms with Crippen LogP contribution in [0.2, 0.25) is 0 Å². The zero-order chi connectivity index (χ0) is 14.5. The molecule has 0 radical (unpaired) electrons. The van der Waals surface area contributed by atoms with Gasteiger partial charge < -0.3 is 5.32 Å². The highest BCUT2D eigenvalue weighted by molar-refractivity contribution is 5.84. The Morgan fingerprint density at radius 1 is 1.05 bits per heavy atom. The van der Waals surface area contributed by atoms with Crippen LogP contribution in [0.15, 0.2) is 61.1 Å². The van der Waals surface area contributed by atoms with Crippen molar-refractivity contribution < 1.29 is 0 Å². The highest BCUT2D eigenvalue weighted by Crippen LogP contribution is 2.24. The van der Waals surface area contributed by atoms with Crippen molar-refractivity contribution in [1.29, 1.82) is 0 Å². The van der Waals surface area contributed by atoms with E-state index < -0.39 is 0 Å². The van der Waals surface area contributed by atoms with Crippen molar-refractivity contribution in [3.63, 3.8) is 0 Å². The molecule has 21 heavy (non-hydrogen) atoms. The van der Waals surface area contributed by atoms with E-state index in [4.69, 9.17) is 0 Å². The Bertz CT molecular complexity index is 704. The van der Waals surface area contributed by atoms with Gasteiger partial charge in [0, 0.05) is 24.0 Å². The number of benzene rings is 1. The summed E-state index contributed by atoms with van der Waals surface area (Å²) in [6.07, 6.45) is 6.52. The minimum Gasteiger partial charge on any atom is -0.309 e. The normalized spacial score (nSPS) is 12.4. The summed E-state index contributed by atoms with van der Waals surface area (Å²) >= 11 is 0. The number of nitrogens with zero attached hydrogens (tertiary/aromatic N) is 2. The number of hydrogen-bond donors (Lipinski definition) is 1. The van der Waals surface area contributed by atoms with E-state index in [0.717, 1.165) is 18.7 Å². The Balaban J connectivity index is 1.99. The first-order chi connectivity index (χ1) is 10.4. The fraction of sp³-hybridized carbons (Fsp3) is 0.222. The van der Waals surface area contributed by atoms with E-state index >= 15 is 0 Å². The van der Waals surface area contributed by atoms with Crippen LogP contribution in [-0.4, -0.2) is 16.5 Å². The van der Waals surface area contributed by atoms with Crippen molar-refractivity contribution in [3.8, 4) is 0 Å². The van der Waals surface area contributed by atoms with Crippen LogP contribution >= 0.6 is 0 Å². The predicted octanol–water partition coefficient (Wildman–Crippen LogP) is 3.52. The molecule has 106 valence electrons. The van der Waals surface area contributed by atoms with E-state index in [2.05, 4.69) is 58.6 Å². The molecule has 1 aromatic carbocycles. The van der Waals surface area contributed by atoms with Crippen molar-refractivity contribution in [2.45, 2.75) is 19.4 Å². The van der Waals surface area contributed by atoms with Gasteiger partial charge in [-0.25, -0.2) is 0 Å². The van der Waals surface area contributed by atoms with Crippen molar-refractivity contribution >= 4 is 10.8 Å². The molecule has 0 amide bonds. The maximum Gasteiger partial charge on any atom is 0.0654 e. The van der Waals surface area contributed by atoms with Crippen molar-refractivity contribution in [3.05, 3.63) is 72.3 Å². The fourth-order valence-corrected chi connectivity index (χ4v) is 2.69. The summed E-state index contributed by atoms with van der Waals surface area (Å²) in [6, 6.07) is 14.8. The number of likely N-dealkylation sites (N-methyl/N-ethyl adjacent to an activating group) is 1. The number of aromatic nitrogens is 2. The minimum absolute atomic E-state index is 0.199. The lowest BCUT2D eigenvalue weighted by Gasteiger charge is -2.19. The Morgan fingerprint density at radius 3 is 2.76 bits per heavy atom. The SMILES string of the molecule is CCNC(Cc1cccnc1)c1nccc2ccccc12. The molecule has 0 aliphatic carbocycles. The molecule has 0 spiro atoms. The second-order valence-electron chi connectivity index (χ2n) is 5.09. The van der Waals surface area contributed by atoms with Gasteiger partial charge in [0.05, 0.1) is 11.7 Å². The lowest BCUT2D eigenvalue weighted by atomic mass is 9.99. The predicted molar refractivity (Wildman–Crippen MR) is 86.1 cm³/mol. The van der Waals surface area contributed by atoms with Gasteiger partial charge >= 0.3 is 0 Å². The molecule has 1 unspecified atom stereocenters. The molecule has 0 fully saturated rings. The molecular weight excluding hydrogens is 258 g/mol. The second-order valence-corrected chi connectivity index (χ2v) is 5.09. The van der Waals surface area contributed by atoms with Crippen LogP contribution in [0, 0.1) is 0 Å². The highest BCUT2D eigenvalue weighted by atomic mass is 14.9. The summed E-state index contributed by atoms with van der Waals surface area (Å²) in [7, 11) is 0. The van der Waals surface area contributed by atoms with Gasteiger partial charge in [-0.3, -0.25) is 9.97 Å². The van der Waals surface area contributed by atoms with Gasteiger partial charge in [-0.05, 0) is 36.0 Å². The average molecular weight is 277 g/mol. The van der Waals surface area contributed by atoms with Crippen LogP contribution in [0.3, 0.4) is 0 Å². The Labute approximate surface area is 125 Å². The number of hydrogen-bond acceptors (Lipinski definition) is 3. The first kappa shape index (κ1) is 13.7. The topological polar surface area (TPSA) is 37.8 Å². The largest absolute Gasteiger partial charge is 0.309 e. The van der Waals surface area contributed by atoms with Crippen molar-refractivity contribution in [1.82, 2.24) is 15.3 Å². The molecule has 0 saturated heterocycles. The molecule has 0 bridgehead atoms. The summed E-state index contributed by atoms with van der Waals surface area (Å²) in [5.41, 5.74) is 2.33. The molecule has 3 aromatic rings. The van der Waals surface area contributed by atoms with E-state index in [-0.39, 0.29) is 6.04 Å². The van der Waals surface area contributed by atoms with Gasteiger partial charge in [-0.1, -0.05) is 37.3 Å². The third kappa shape index (κ3) is 3.09. The Hall–Kier alpha value is -2.26. The van der Waals surface area contributed by atoms with Gasteiger partial charge in [-0.2, -0.15) is 0 Å². The molecule has 0 saturated carbocycles. The molecule has 3 heteroatoms. The van der Waals surface area contributed by atoms with Gasteiger partial charge in [0.25, 0.3) is 0 Å². The van der Waals surface area contributed by atoms with Gasteiger partial charge in [0.15, 0.2) is 0 Å². The van der Waals surface area contributed by atoms with E-state index in [1.165, 1.54) is 16.3 Å². The summed E-state index contributed by atoms with van der Waals surface area (Å²) in [5.74, 6) is 0. The summed E-state index contributed by atoms with van der Waals surface area (Å²) in [6.45, 7) is 3.04. The average Bonchev–Trinajstić information content (AvgIpc) is 2.55. The highest BCUT2D eigenvalue weighted by Gasteiger charge is 2.15. The Morgan fingerprint density at radius 2 is 1.95 bits per heavy atom. The summed E-state index contributed by atoms with van der Waals surface area (Å²) < 4.78 is 0. The molecule has 0 aliphatic rings. The number of pyridine rings is 2. The smallest absolute Gasteiger partial charge is 0.0654 e. The lowest BCUT2D eigenvalue weighted by Crippen LogP contribution is -2.24. The van der Waals surface area contributed by atoms with Gasteiger partial charge in [0.2, 0.25) is 0 Å². The first-order valence-electron chi connectivity index (χ1n) is 7.34. The van der Waals surface area contributed by atoms with Crippen LogP contribution < -0.4 is 5.32 Å². The Kier molecular flexibility index (Phi) is 4.22. The molecule has 0 aliphatic heterocycles. The zero-order valence-corrected chi connectivity index (χ0v) is 12.2. The zero-order valence-electron chi connectivity index (χ0n) is 12.2. The molecule has 1 atom stereocenters. The first-order valence-corrected chi connectivity index (χ1v) is 7.34. The van der Waals surface area contributed by atoms with Crippen LogP contribution in [0.1, 0.15) is 24.2 Å². The maximum atomic E-state index is 4.64. The van der Waals surface area contributed by atoms with Crippen LogP contribution in [0.25, 0.3) is 10.8 Å². The van der Waals surface area contributed by atoms with Crippen molar-refractivity contribution in [2.24, 2.45) is 0 Å². The van der Waals surface area contributed by atoms with Crippen molar-refractivity contribution in [2.75, 3.05) is 6.54 Å². The second kappa shape index (κ2) is 6.46. The minimum atomic E-state index is 0.199. The summed E-state index contributed by atoms with van der Waals surface area (Å²) in [5, 5.41) is 6.00. The van der Waals surface area contributed by atoms with E-state index in [0.29, 0.717) is 0 Å². The number of fused-ring (bicyclic) bond motifs is 1. The third-order valence-electron chi connectivity index (χ3n) is 3.65. The lowest BCUT2D eigenvalue weighted by molar-refractivity contribution is 0.540. The molecule has 1 N–H and O–H groups in total.